The first-order valence-corrected chi connectivity index (χ1v) is 6.97. The van der Waals surface area contributed by atoms with Gasteiger partial charge in [-0.25, -0.2) is 4.98 Å². The topological polar surface area (TPSA) is 37.6 Å². The van der Waals surface area contributed by atoms with Crippen molar-refractivity contribution in [2.45, 2.75) is 13.3 Å². The highest BCUT2D eigenvalue weighted by atomic mass is 16.2. The van der Waals surface area contributed by atoms with Crippen molar-refractivity contribution in [1.82, 2.24) is 9.38 Å². The van der Waals surface area contributed by atoms with Crippen molar-refractivity contribution < 1.29 is 4.79 Å². The summed E-state index contributed by atoms with van der Waals surface area (Å²) in [4.78, 5) is 18.1. The van der Waals surface area contributed by atoms with E-state index in [0.29, 0.717) is 6.42 Å². The molecule has 4 nitrogen and oxygen atoms in total. The fraction of sp³-hybridized carbons (Fsp3) is 0.176. The summed E-state index contributed by atoms with van der Waals surface area (Å²) < 4.78 is 2.04. The van der Waals surface area contributed by atoms with Crippen LogP contribution < -0.4 is 4.90 Å². The van der Waals surface area contributed by atoms with Crippen LogP contribution in [-0.2, 0) is 11.2 Å². The van der Waals surface area contributed by atoms with Gasteiger partial charge >= 0.3 is 0 Å². The van der Waals surface area contributed by atoms with Crippen LogP contribution in [0.4, 0.5) is 5.69 Å². The van der Waals surface area contributed by atoms with E-state index in [2.05, 4.69) is 30.2 Å². The standard InChI is InChI=1S/C17H15N3O/c1-11-3-6-16-18-14(10-20(16)9-11)12-4-5-15-13(7-12)8-17(21)19(15)2/h3-7,9-10H,8H2,1-2H3. The summed E-state index contributed by atoms with van der Waals surface area (Å²) in [6, 6.07) is 10.2. The van der Waals surface area contributed by atoms with Crippen molar-refractivity contribution in [2.75, 3.05) is 11.9 Å². The molecule has 1 aromatic carbocycles. The minimum Gasteiger partial charge on any atom is -0.315 e. The van der Waals surface area contributed by atoms with Crippen molar-refractivity contribution in [3.05, 3.63) is 53.9 Å². The van der Waals surface area contributed by atoms with E-state index in [9.17, 15) is 4.79 Å². The lowest BCUT2D eigenvalue weighted by molar-refractivity contribution is -0.117. The number of pyridine rings is 1. The molecule has 0 atom stereocenters. The fourth-order valence-corrected chi connectivity index (χ4v) is 2.87. The number of fused-ring (bicyclic) bond motifs is 2. The number of carbonyl (C=O) groups excluding carboxylic acids is 1. The van der Waals surface area contributed by atoms with Gasteiger partial charge in [0, 0.05) is 30.7 Å². The lowest BCUT2D eigenvalue weighted by Gasteiger charge is -2.09. The van der Waals surface area contributed by atoms with Gasteiger partial charge < -0.3 is 9.30 Å². The average Bonchev–Trinajstić information content (AvgIpc) is 3.00. The lowest BCUT2D eigenvalue weighted by Crippen LogP contribution is -2.20. The van der Waals surface area contributed by atoms with Crippen LogP contribution >= 0.6 is 0 Å². The highest BCUT2D eigenvalue weighted by Gasteiger charge is 2.24. The Hall–Kier alpha value is -2.62. The Morgan fingerprint density at radius 2 is 2.00 bits per heavy atom. The number of nitrogens with zero attached hydrogens (tertiary/aromatic N) is 3. The van der Waals surface area contributed by atoms with Crippen LogP contribution in [0.5, 0.6) is 0 Å². The molecule has 3 heterocycles. The predicted octanol–water partition coefficient (Wildman–Crippen LogP) is 2.83. The Balaban J connectivity index is 1.82. The van der Waals surface area contributed by atoms with Gasteiger partial charge in [-0.1, -0.05) is 12.1 Å². The molecule has 1 aliphatic heterocycles. The summed E-state index contributed by atoms with van der Waals surface area (Å²) in [6.45, 7) is 2.07. The molecule has 0 bridgehead atoms. The quantitative estimate of drug-likeness (QED) is 0.686. The Morgan fingerprint density at radius 3 is 2.86 bits per heavy atom. The molecule has 0 fully saturated rings. The third-order valence-corrected chi connectivity index (χ3v) is 4.05. The molecule has 3 aromatic rings. The number of aryl methyl sites for hydroxylation is 1. The number of carbonyl (C=O) groups is 1. The number of hydrogen-bond donors (Lipinski definition) is 0. The molecule has 0 radical (unpaired) electrons. The zero-order chi connectivity index (χ0) is 14.6. The first-order chi connectivity index (χ1) is 10.1. The molecule has 0 spiro atoms. The van der Waals surface area contributed by atoms with Crippen molar-refractivity contribution in [1.29, 1.82) is 0 Å². The zero-order valence-corrected chi connectivity index (χ0v) is 12.0. The van der Waals surface area contributed by atoms with Gasteiger partial charge in [-0.3, -0.25) is 4.79 Å². The fourth-order valence-electron chi connectivity index (χ4n) is 2.87. The third kappa shape index (κ3) is 1.83. The van der Waals surface area contributed by atoms with E-state index in [1.54, 1.807) is 4.90 Å². The Kier molecular flexibility index (Phi) is 2.42. The molecule has 0 unspecified atom stereocenters. The van der Waals surface area contributed by atoms with E-state index >= 15 is 0 Å². The van der Waals surface area contributed by atoms with Crippen molar-refractivity contribution in [2.24, 2.45) is 0 Å². The molecular formula is C17H15N3O. The monoisotopic (exact) mass is 277 g/mol. The SMILES string of the molecule is Cc1ccc2nc(-c3ccc4c(c3)CC(=O)N4C)cn2c1. The molecule has 0 saturated carbocycles. The van der Waals surface area contributed by atoms with Gasteiger partial charge in [0.1, 0.15) is 5.65 Å². The number of anilines is 1. The van der Waals surface area contributed by atoms with Crippen LogP contribution in [0.1, 0.15) is 11.1 Å². The molecule has 1 amide bonds. The lowest BCUT2D eigenvalue weighted by atomic mass is 10.1. The predicted molar refractivity (Wildman–Crippen MR) is 82.5 cm³/mol. The van der Waals surface area contributed by atoms with Gasteiger partial charge in [-0.15, -0.1) is 0 Å². The molecule has 4 rings (SSSR count). The highest BCUT2D eigenvalue weighted by molar-refractivity contribution is 6.01. The number of imidazole rings is 1. The maximum absolute atomic E-state index is 11.8. The molecule has 1 aliphatic rings. The normalized spacial score (nSPS) is 14.0. The maximum Gasteiger partial charge on any atom is 0.231 e. The summed E-state index contributed by atoms with van der Waals surface area (Å²) >= 11 is 0. The Labute approximate surface area is 122 Å². The second-order valence-electron chi connectivity index (χ2n) is 5.57. The van der Waals surface area contributed by atoms with Gasteiger partial charge in [0.15, 0.2) is 0 Å². The van der Waals surface area contributed by atoms with Crippen LogP contribution in [-0.4, -0.2) is 22.3 Å². The summed E-state index contributed by atoms with van der Waals surface area (Å²) in [5.41, 5.74) is 6.21. The Morgan fingerprint density at radius 1 is 1.14 bits per heavy atom. The van der Waals surface area contributed by atoms with Gasteiger partial charge in [0.25, 0.3) is 0 Å². The van der Waals surface area contributed by atoms with E-state index in [4.69, 9.17) is 0 Å². The average molecular weight is 277 g/mol. The van der Waals surface area contributed by atoms with Crippen LogP contribution in [0.2, 0.25) is 0 Å². The summed E-state index contributed by atoms with van der Waals surface area (Å²) in [5, 5.41) is 0. The van der Waals surface area contributed by atoms with Gasteiger partial charge in [-0.05, 0) is 36.2 Å². The maximum atomic E-state index is 11.8. The molecular weight excluding hydrogens is 262 g/mol. The summed E-state index contributed by atoms with van der Waals surface area (Å²) in [5.74, 6) is 0.146. The van der Waals surface area contributed by atoms with E-state index in [1.165, 1.54) is 5.56 Å². The van der Waals surface area contributed by atoms with E-state index in [-0.39, 0.29) is 5.91 Å². The molecule has 2 aromatic heterocycles. The largest absolute Gasteiger partial charge is 0.315 e. The first-order valence-electron chi connectivity index (χ1n) is 6.97. The van der Waals surface area contributed by atoms with Gasteiger partial charge in [0.2, 0.25) is 5.91 Å². The van der Waals surface area contributed by atoms with Crippen LogP contribution in [0, 0.1) is 6.92 Å². The van der Waals surface area contributed by atoms with Crippen molar-refractivity contribution in [3.63, 3.8) is 0 Å². The molecule has 0 N–H and O–H groups in total. The number of aromatic nitrogens is 2. The number of benzene rings is 1. The molecule has 0 aliphatic carbocycles. The highest BCUT2D eigenvalue weighted by Crippen LogP contribution is 2.31. The minimum absolute atomic E-state index is 0.146. The van der Waals surface area contributed by atoms with Crippen LogP contribution in [0.3, 0.4) is 0 Å². The Bertz CT molecular complexity index is 879. The van der Waals surface area contributed by atoms with E-state index in [0.717, 1.165) is 28.2 Å². The molecule has 0 saturated heterocycles. The third-order valence-electron chi connectivity index (χ3n) is 4.05. The summed E-state index contributed by atoms with van der Waals surface area (Å²) in [7, 11) is 1.82. The van der Waals surface area contributed by atoms with E-state index in [1.807, 2.05) is 35.8 Å². The van der Waals surface area contributed by atoms with Crippen molar-refractivity contribution >= 4 is 17.2 Å². The van der Waals surface area contributed by atoms with Crippen LogP contribution in [0.25, 0.3) is 16.9 Å². The van der Waals surface area contributed by atoms with Gasteiger partial charge in [-0.2, -0.15) is 0 Å². The van der Waals surface area contributed by atoms with E-state index < -0.39 is 0 Å². The number of hydrogen-bond acceptors (Lipinski definition) is 2. The number of amides is 1. The minimum atomic E-state index is 0.146. The summed E-state index contributed by atoms with van der Waals surface area (Å²) in [6.07, 6.45) is 4.58. The second kappa shape index (κ2) is 4.19. The van der Waals surface area contributed by atoms with Gasteiger partial charge in [0.05, 0.1) is 12.1 Å². The zero-order valence-electron chi connectivity index (χ0n) is 12.0. The number of rotatable bonds is 1. The number of likely N-dealkylation sites (N-methyl/N-ethyl adjacent to an activating group) is 1. The van der Waals surface area contributed by atoms with Crippen molar-refractivity contribution in [3.8, 4) is 11.3 Å². The molecule has 4 heteroatoms. The second-order valence-corrected chi connectivity index (χ2v) is 5.57. The molecule has 21 heavy (non-hydrogen) atoms. The first kappa shape index (κ1) is 12.1. The molecule has 104 valence electrons. The van der Waals surface area contributed by atoms with Crippen LogP contribution in [0.15, 0.2) is 42.7 Å². The smallest absolute Gasteiger partial charge is 0.231 e.